The number of fused-ring (bicyclic) bond motifs is 1. The number of aromatic nitrogens is 4. The Morgan fingerprint density at radius 1 is 1.11 bits per heavy atom. The molecule has 2 aromatic heterocycles. The molecule has 6 nitrogen and oxygen atoms in total. The third kappa shape index (κ3) is 3.41. The molecular weight excluding hydrogens is 350 g/mol. The highest BCUT2D eigenvalue weighted by Gasteiger charge is 2.17. The SMILES string of the molecule is Cc1nn(C)c(C)c1-c1cc(C(=O)NCCc2ccc3ccccc3c2)[nH]n1. The number of H-pyrrole nitrogens is 1. The van der Waals surface area contributed by atoms with E-state index in [2.05, 4.69) is 50.9 Å². The smallest absolute Gasteiger partial charge is 0.269 e. The number of rotatable bonds is 5. The van der Waals surface area contributed by atoms with Crippen molar-refractivity contribution >= 4 is 16.7 Å². The molecule has 0 saturated heterocycles. The minimum Gasteiger partial charge on any atom is -0.350 e. The Hall–Kier alpha value is -3.41. The van der Waals surface area contributed by atoms with Gasteiger partial charge in [-0.05, 0) is 42.7 Å². The number of nitrogens with zero attached hydrogens (tertiary/aromatic N) is 3. The Morgan fingerprint density at radius 2 is 1.89 bits per heavy atom. The predicted molar refractivity (Wildman–Crippen MR) is 110 cm³/mol. The first-order valence-electron chi connectivity index (χ1n) is 9.35. The molecule has 0 aliphatic rings. The van der Waals surface area contributed by atoms with Crippen LogP contribution in [0, 0.1) is 13.8 Å². The highest BCUT2D eigenvalue weighted by atomic mass is 16.1. The molecule has 0 radical (unpaired) electrons. The number of aryl methyl sites for hydroxylation is 2. The Bertz CT molecular complexity index is 1150. The van der Waals surface area contributed by atoms with Crippen molar-refractivity contribution in [1.82, 2.24) is 25.3 Å². The van der Waals surface area contributed by atoms with Crippen LogP contribution >= 0.6 is 0 Å². The lowest BCUT2D eigenvalue weighted by atomic mass is 10.1. The molecule has 0 saturated carbocycles. The molecule has 4 rings (SSSR count). The number of carbonyl (C=O) groups excluding carboxylic acids is 1. The van der Waals surface area contributed by atoms with Gasteiger partial charge in [0.15, 0.2) is 0 Å². The predicted octanol–water partition coefficient (Wildman–Crippen LogP) is 3.55. The zero-order valence-corrected chi connectivity index (χ0v) is 16.3. The summed E-state index contributed by atoms with van der Waals surface area (Å²) >= 11 is 0. The van der Waals surface area contributed by atoms with Gasteiger partial charge in [0.2, 0.25) is 0 Å². The standard InChI is InChI=1S/C22H23N5O/c1-14-21(15(2)27(3)26-14)19-13-20(25-24-19)22(28)23-11-10-16-8-9-17-6-4-5-7-18(17)12-16/h4-9,12-13H,10-11H2,1-3H3,(H,23,28)(H,24,25). The van der Waals surface area contributed by atoms with Crippen molar-refractivity contribution in [3.63, 3.8) is 0 Å². The van der Waals surface area contributed by atoms with Crippen LogP contribution in [0.2, 0.25) is 0 Å². The molecule has 4 aromatic rings. The largest absolute Gasteiger partial charge is 0.350 e. The van der Waals surface area contributed by atoms with Crippen LogP contribution in [-0.4, -0.2) is 32.4 Å². The van der Waals surface area contributed by atoms with Crippen molar-refractivity contribution in [2.45, 2.75) is 20.3 Å². The fourth-order valence-corrected chi connectivity index (χ4v) is 3.52. The van der Waals surface area contributed by atoms with Crippen LogP contribution in [0.3, 0.4) is 0 Å². The Kier molecular flexibility index (Phi) is 4.69. The summed E-state index contributed by atoms with van der Waals surface area (Å²) < 4.78 is 1.82. The maximum Gasteiger partial charge on any atom is 0.269 e. The molecule has 0 unspecified atom stereocenters. The van der Waals surface area contributed by atoms with E-state index in [1.54, 1.807) is 6.07 Å². The third-order valence-electron chi connectivity index (χ3n) is 5.10. The zero-order chi connectivity index (χ0) is 19.7. The van der Waals surface area contributed by atoms with Crippen molar-refractivity contribution in [3.8, 4) is 11.3 Å². The van der Waals surface area contributed by atoms with Gasteiger partial charge in [-0.15, -0.1) is 0 Å². The number of nitrogens with one attached hydrogen (secondary N) is 2. The van der Waals surface area contributed by atoms with Crippen LogP contribution < -0.4 is 5.32 Å². The normalized spacial score (nSPS) is 11.1. The van der Waals surface area contributed by atoms with E-state index in [0.717, 1.165) is 29.1 Å². The molecule has 2 heterocycles. The number of hydrogen-bond acceptors (Lipinski definition) is 3. The van der Waals surface area contributed by atoms with Gasteiger partial charge < -0.3 is 5.32 Å². The van der Waals surface area contributed by atoms with Crippen LogP contribution in [0.25, 0.3) is 22.0 Å². The lowest BCUT2D eigenvalue weighted by Gasteiger charge is -2.05. The number of amides is 1. The van der Waals surface area contributed by atoms with Gasteiger partial charge in [0, 0.05) is 24.8 Å². The molecule has 0 fully saturated rings. The first-order valence-corrected chi connectivity index (χ1v) is 9.35. The first-order chi connectivity index (χ1) is 13.5. The van der Waals surface area contributed by atoms with Gasteiger partial charge in [-0.2, -0.15) is 10.2 Å². The number of carbonyl (C=O) groups is 1. The average Bonchev–Trinajstić information content (AvgIpc) is 3.26. The van der Waals surface area contributed by atoms with Gasteiger partial charge in [-0.25, -0.2) is 0 Å². The number of benzene rings is 2. The van der Waals surface area contributed by atoms with E-state index in [-0.39, 0.29) is 5.91 Å². The van der Waals surface area contributed by atoms with Gasteiger partial charge in [0.1, 0.15) is 5.69 Å². The van der Waals surface area contributed by atoms with Gasteiger partial charge in [0.25, 0.3) is 5.91 Å². The molecule has 0 atom stereocenters. The van der Waals surface area contributed by atoms with Gasteiger partial charge >= 0.3 is 0 Å². The summed E-state index contributed by atoms with van der Waals surface area (Å²) in [5.74, 6) is -0.154. The molecule has 0 spiro atoms. The lowest BCUT2D eigenvalue weighted by Crippen LogP contribution is -2.26. The van der Waals surface area contributed by atoms with Crippen molar-refractivity contribution in [2.75, 3.05) is 6.54 Å². The van der Waals surface area contributed by atoms with Crippen molar-refractivity contribution in [3.05, 3.63) is 71.2 Å². The van der Waals surface area contributed by atoms with Gasteiger partial charge in [-0.1, -0.05) is 42.5 Å². The molecule has 2 N–H and O–H groups in total. The molecule has 142 valence electrons. The van der Waals surface area contributed by atoms with E-state index in [9.17, 15) is 4.79 Å². The van der Waals surface area contributed by atoms with Crippen LogP contribution in [0.5, 0.6) is 0 Å². The van der Waals surface area contributed by atoms with Crippen molar-refractivity contribution in [1.29, 1.82) is 0 Å². The van der Waals surface area contributed by atoms with Crippen LogP contribution in [0.1, 0.15) is 27.4 Å². The van der Waals surface area contributed by atoms with Gasteiger partial charge in [0.05, 0.1) is 11.4 Å². The zero-order valence-electron chi connectivity index (χ0n) is 16.3. The van der Waals surface area contributed by atoms with E-state index in [1.165, 1.54) is 16.3 Å². The van der Waals surface area contributed by atoms with Gasteiger partial charge in [-0.3, -0.25) is 14.6 Å². The highest BCUT2D eigenvalue weighted by Crippen LogP contribution is 2.25. The Morgan fingerprint density at radius 3 is 2.64 bits per heavy atom. The van der Waals surface area contributed by atoms with E-state index < -0.39 is 0 Å². The molecular formula is C22H23N5O. The minimum absolute atomic E-state index is 0.154. The number of aromatic amines is 1. The topological polar surface area (TPSA) is 75.6 Å². The summed E-state index contributed by atoms with van der Waals surface area (Å²) in [5, 5.41) is 17.0. The highest BCUT2D eigenvalue weighted by molar-refractivity contribution is 5.93. The van der Waals surface area contributed by atoms with E-state index in [4.69, 9.17) is 0 Å². The maximum atomic E-state index is 12.5. The molecule has 0 aliphatic carbocycles. The number of hydrogen-bond donors (Lipinski definition) is 2. The molecule has 2 aromatic carbocycles. The third-order valence-corrected chi connectivity index (χ3v) is 5.10. The Balaban J connectivity index is 1.40. The molecule has 0 aliphatic heterocycles. The molecule has 28 heavy (non-hydrogen) atoms. The van der Waals surface area contributed by atoms with E-state index in [0.29, 0.717) is 12.2 Å². The summed E-state index contributed by atoms with van der Waals surface area (Å²) in [4.78, 5) is 12.5. The average molecular weight is 373 g/mol. The van der Waals surface area contributed by atoms with E-state index in [1.807, 2.05) is 37.7 Å². The first kappa shape index (κ1) is 18.0. The van der Waals surface area contributed by atoms with E-state index >= 15 is 0 Å². The fourth-order valence-electron chi connectivity index (χ4n) is 3.52. The molecule has 0 bridgehead atoms. The van der Waals surface area contributed by atoms with Crippen LogP contribution in [0.4, 0.5) is 0 Å². The second-order valence-electron chi connectivity index (χ2n) is 7.02. The Labute approximate surface area is 163 Å². The summed E-state index contributed by atoms with van der Waals surface area (Å²) in [6.45, 7) is 4.50. The molecule has 1 amide bonds. The molecule has 6 heteroatoms. The monoisotopic (exact) mass is 373 g/mol. The van der Waals surface area contributed by atoms with Crippen LogP contribution in [0.15, 0.2) is 48.5 Å². The second-order valence-corrected chi connectivity index (χ2v) is 7.02. The van der Waals surface area contributed by atoms with Crippen molar-refractivity contribution in [2.24, 2.45) is 7.05 Å². The minimum atomic E-state index is -0.154. The summed E-state index contributed by atoms with van der Waals surface area (Å²) in [6, 6.07) is 16.5. The second kappa shape index (κ2) is 7.31. The maximum absolute atomic E-state index is 12.5. The summed E-state index contributed by atoms with van der Waals surface area (Å²) in [6.07, 6.45) is 0.776. The van der Waals surface area contributed by atoms with Crippen LogP contribution in [-0.2, 0) is 13.5 Å². The summed E-state index contributed by atoms with van der Waals surface area (Å²) in [7, 11) is 1.90. The fraction of sp³-hybridized carbons (Fsp3) is 0.227. The van der Waals surface area contributed by atoms with Crippen molar-refractivity contribution < 1.29 is 4.79 Å². The quantitative estimate of drug-likeness (QED) is 0.562. The lowest BCUT2D eigenvalue weighted by molar-refractivity contribution is 0.0949. The summed E-state index contributed by atoms with van der Waals surface area (Å²) in [5.41, 5.74) is 5.28.